The van der Waals surface area contributed by atoms with Gasteiger partial charge >= 0.3 is 6.18 Å². The number of benzene rings is 1. The Morgan fingerprint density at radius 1 is 1.12 bits per heavy atom. The van der Waals surface area contributed by atoms with Crippen molar-refractivity contribution < 1.29 is 23.1 Å². The number of aromatic nitrogens is 4. The zero-order valence-corrected chi connectivity index (χ0v) is 18.6. The number of amides is 1. The van der Waals surface area contributed by atoms with Crippen LogP contribution >= 0.6 is 0 Å². The van der Waals surface area contributed by atoms with Crippen LogP contribution in [0, 0.1) is 5.92 Å². The highest BCUT2D eigenvalue weighted by molar-refractivity contribution is 6.04. The topological polar surface area (TPSA) is 92.9 Å². The molecule has 3 aromatic rings. The minimum absolute atomic E-state index is 0.267. The van der Waals surface area contributed by atoms with E-state index in [-0.39, 0.29) is 5.69 Å². The number of halogens is 3. The van der Waals surface area contributed by atoms with Crippen LogP contribution in [0.15, 0.2) is 30.7 Å². The van der Waals surface area contributed by atoms with E-state index in [9.17, 15) is 23.1 Å². The maximum Gasteiger partial charge on any atom is 0.434 e. The summed E-state index contributed by atoms with van der Waals surface area (Å²) in [6.45, 7) is 5.42. The van der Waals surface area contributed by atoms with Crippen LogP contribution in [0.4, 0.5) is 18.9 Å². The van der Waals surface area contributed by atoms with Crippen LogP contribution in [0.5, 0.6) is 0 Å². The molecule has 0 atom stereocenters. The molecule has 2 heterocycles. The van der Waals surface area contributed by atoms with E-state index in [2.05, 4.69) is 22.2 Å². The fourth-order valence-electron chi connectivity index (χ4n) is 4.17. The Morgan fingerprint density at radius 2 is 1.82 bits per heavy atom. The van der Waals surface area contributed by atoms with Gasteiger partial charge in [-0.1, -0.05) is 6.92 Å². The van der Waals surface area contributed by atoms with Crippen molar-refractivity contribution >= 4 is 22.5 Å². The van der Waals surface area contributed by atoms with Gasteiger partial charge in [0.2, 0.25) is 0 Å². The minimum Gasteiger partial charge on any atom is -0.386 e. The number of aliphatic hydroxyl groups is 1. The number of carbonyl (C=O) groups excluding carboxylic acids is 1. The molecule has 7 nitrogen and oxygen atoms in total. The van der Waals surface area contributed by atoms with E-state index in [0.717, 1.165) is 37.3 Å². The van der Waals surface area contributed by atoms with Gasteiger partial charge in [0.1, 0.15) is 5.69 Å². The molecule has 0 aliphatic heterocycles. The summed E-state index contributed by atoms with van der Waals surface area (Å²) < 4.78 is 40.1. The van der Waals surface area contributed by atoms with E-state index >= 15 is 0 Å². The number of fused-ring (bicyclic) bond motifs is 1. The highest BCUT2D eigenvalue weighted by Crippen LogP contribution is 2.35. The van der Waals surface area contributed by atoms with Crippen molar-refractivity contribution in [2.75, 3.05) is 5.32 Å². The Kier molecular flexibility index (Phi) is 5.90. The molecule has 0 spiro atoms. The van der Waals surface area contributed by atoms with Crippen LogP contribution in [-0.4, -0.2) is 30.8 Å². The van der Waals surface area contributed by atoms with E-state index in [0.29, 0.717) is 34.9 Å². The van der Waals surface area contributed by atoms with Gasteiger partial charge in [0.15, 0.2) is 5.69 Å². The quantitative estimate of drug-likeness (QED) is 0.566. The first kappa shape index (κ1) is 23.2. The fraction of sp³-hybridized carbons (Fsp3) is 0.478. The summed E-state index contributed by atoms with van der Waals surface area (Å²) in [6, 6.07) is 3.75. The number of carbonyl (C=O) groups is 1. The lowest BCUT2D eigenvalue weighted by Gasteiger charge is -2.26. The molecule has 0 unspecified atom stereocenters. The third-order valence-electron chi connectivity index (χ3n) is 6.10. The number of rotatable bonds is 4. The Balaban J connectivity index is 1.64. The lowest BCUT2D eigenvalue weighted by atomic mass is 9.87. The molecule has 1 aromatic carbocycles. The van der Waals surface area contributed by atoms with Crippen molar-refractivity contribution in [1.29, 1.82) is 0 Å². The molecule has 2 N–H and O–H groups in total. The Morgan fingerprint density at radius 3 is 2.39 bits per heavy atom. The molecular weight excluding hydrogens is 435 g/mol. The molecule has 1 aliphatic rings. The van der Waals surface area contributed by atoms with E-state index < -0.39 is 23.4 Å². The van der Waals surface area contributed by atoms with Crippen molar-refractivity contribution in [2.24, 2.45) is 5.92 Å². The Bertz CT molecular complexity index is 1160. The monoisotopic (exact) mass is 461 g/mol. The number of nitrogens with one attached hydrogen (secondary N) is 1. The predicted octanol–water partition coefficient (Wildman–Crippen LogP) is 5.08. The largest absolute Gasteiger partial charge is 0.434 e. The normalized spacial score (nSPS) is 19.6. The number of anilines is 1. The summed E-state index contributed by atoms with van der Waals surface area (Å²) in [6.07, 6.45) is 2.96. The smallest absolute Gasteiger partial charge is 0.386 e. The average Bonchev–Trinajstić information content (AvgIpc) is 3.15. The molecule has 1 saturated carbocycles. The summed E-state index contributed by atoms with van der Waals surface area (Å²) in [5.41, 5.74) is -1.28. The van der Waals surface area contributed by atoms with Gasteiger partial charge in [-0.05, 0) is 57.6 Å². The molecule has 0 radical (unpaired) electrons. The van der Waals surface area contributed by atoms with Crippen molar-refractivity contribution in [2.45, 2.75) is 64.3 Å². The maximum absolute atomic E-state index is 12.7. The zero-order valence-electron chi connectivity index (χ0n) is 18.6. The summed E-state index contributed by atoms with van der Waals surface area (Å²) in [5, 5.41) is 18.8. The van der Waals surface area contributed by atoms with E-state index in [1.807, 2.05) is 10.9 Å². The van der Waals surface area contributed by atoms with Crippen molar-refractivity contribution in [3.05, 3.63) is 47.7 Å². The second kappa shape index (κ2) is 8.40. The number of nitrogens with zero attached hydrogens (tertiary/aromatic N) is 4. The second-order valence-corrected chi connectivity index (χ2v) is 9.28. The van der Waals surface area contributed by atoms with Gasteiger partial charge in [-0.2, -0.15) is 18.3 Å². The maximum atomic E-state index is 12.7. The molecule has 0 saturated heterocycles. The van der Waals surface area contributed by atoms with E-state index in [4.69, 9.17) is 5.10 Å². The first-order valence-electron chi connectivity index (χ1n) is 10.9. The fourth-order valence-corrected chi connectivity index (χ4v) is 4.17. The van der Waals surface area contributed by atoms with E-state index in [1.165, 1.54) is 0 Å². The highest BCUT2D eigenvalue weighted by atomic mass is 19.4. The summed E-state index contributed by atoms with van der Waals surface area (Å²) in [7, 11) is 0. The molecule has 176 valence electrons. The Labute approximate surface area is 189 Å². The number of alkyl halides is 3. The van der Waals surface area contributed by atoms with Crippen LogP contribution in [0.25, 0.3) is 10.9 Å². The van der Waals surface area contributed by atoms with Gasteiger partial charge < -0.3 is 10.4 Å². The second-order valence-electron chi connectivity index (χ2n) is 9.28. The average molecular weight is 461 g/mol. The lowest BCUT2D eigenvalue weighted by Crippen LogP contribution is -2.22. The van der Waals surface area contributed by atoms with Crippen LogP contribution in [-0.2, 0) is 11.8 Å². The predicted molar refractivity (Wildman–Crippen MR) is 117 cm³/mol. The summed E-state index contributed by atoms with van der Waals surface area (Å²) in [5.74, 6) is -0.0159. The van der Waals surface area contributed by atoms with Crippen molar-refractivity contribution in [1.82, 2.24) is 19.7 Å². The molecule has 1 aliphatic carbocycles. The van der Waals surface area contributed by atoms with Crippen LogP contribution in [0.3, 0.4) is 0 Å². The molecule has 33 heavy (non-hydrogen) atoms. The highest BCUT2D eigenvalue weighted by Gasteiger charge is 2.33. The number of hydrogen-bond donors (Lipinski definition) is 2. The third-order valence-corrected chi connectivity index (χ3v) is 6.10. The van der Waals surface area contributed by atoms with Crippen LogP contribution in [0.2, 0.25) is 0 Å². The molecule has 0 bridgehead atoms. The minimum atomic E-state index is -4.64. The summed E-state index contributed by atoms with van der Waals surface area (Å²) in [4.78, 5) is 19.6. The van der Waals surface area contributed by atoms with Gasteiger partial charge in [-0.3, -0.25) is 9.48 Å². The van der Waals surface area contributed by atoms with Gasteiger partial charge in [-0.15, -0.1) is 0 Å². The van der Waals surface area contributed by atoms with Gasteiger partial charge in [0.05, 0.1) is 29.6 Å². The SMILES string of the molecule is CC1CCC(n2cc3cc(NC(=O)c4cnc(C(F)(F)F)cn4)c(C(C)(C)O)cc3n2)CC1. The molecule has 2 aromatic heterocycles. The molecule has 1 amide bonds. The molecule has 1 fully saturated rings. The van der Waals surface area contributed by atoms with Crippen LogP contribution in [0.1, 0.15) is 74.2 Å². The van der Waals surface area contributed by atoms with Gasteiger partial charge in [0, 0.05) is 22.8 Å². The summed E-state index contributed by atoms with van der Waals surface area (Å²) >= 11 is 0. The van der Waals surface area contributed by atoms with Gasteiger partial charge in [-0.25, -0.2) is 9.97 Å². The molecular formula is C23H26F3N5O2. The third kappa shape index (κ3) is 5.00. The molecule has 4 rings (SSSR count). The van der Waals surface area contributed by atoms with Crippen LogP contribution < -0.4 is 5.32 Å². The standard InChI is InChI=1S/C23H26F3N5O2/c1-13-4-6-15(7-5-13)31-12-14-8-18(16(22(2,3)33)9-17(14)30-31)29-21(32)19-10-28-20(11-27-19)23(24,25)26/h8-13,15,33H,4-7H2,1-3H3,(H,29,32). The Hall–Kier alpha value is -3.01. The van der Waals surface area contributed by atoms with Crippen molar-refractivity contribution in [3.8, 4) is 0 Å². The molecule has 10 heteroatoms. The first-order chi connectivity index (χ1) is 15.4. The number of hydrogen-bond acceptors (Lipinski definition) is 5. The van der Waals surface area contributed by atoms with E-state index in [1.54, 1.807) is 26.0 Å². The first-order valence-corrected chi connectivity index (χ1v) is 10.9. The van der Waals surface area contributed by atoms with Gasteiger partial charge in [0.25, 0.3) is 5.91 Å². The lowest BCUT2D eigenvalue weighted by molar-refractivity contribution is -0.141. The van der Waals surface area contributed by atoms with Crippen molar-refractivity contribution in [3.63, 3.8) is 0 Å². The zero-order chi connectivity index (χ0) is 24.0.